The van der Waals surface area contributed by atoms with E-state index in [0.717, 1.165) is 35.5 Å². The lowest BCUT2D eigenvalue weighted by molar-refractivity contribution is 0.0889. The minimum atomic E-state index is 0.212. The van der Waals surface area contributed by atoms with E-state index in [4.69, 9.17) is 0 Å². The van der Waals surface area contributed by atoms with E-state index < -0.39 is 0 Å². The number of Topliss-reactive ketones (excluding diaryl/α,β-unsaturated/α-hetero) is 1. The molecule has 0 radical (unpaired) electrons. The Balaban J connectivity index is 1.64. The third kappa shape index (κ3) is 3.95. The van der Waals surface area contributed by atoms with Crippen molar-refractivity contribution >= 4 is 22.8 Å². The van der Waals surface area contributed by atoms with Crippen LogP contribution in [0.4, 0.5) is 17.1 Å². The Morgan fingerprint density at radius 1 is 0.630 bits per heavy atom. The fourth-order valence-electron chi connectivity index (χ4n) is 3.98. The molecule has 0 saturated heterocycles. The van der Waals surface area contributed by atoms with Gasteiger partial charge in [0.15, 0.2) is 5.78 Å². The molecule has 0 atom stereocenters. The Bertz CT molecular complexity index is 826. The SMILES string of the molecule is O=C(c1ccc(N(c2ccccc2)c2ccccc2)cc1)C1CCCCC1. The Labute approximate surface area is 161 Å². The van der Waals surface area contributed by atoms with E-state index >= 15 is 0 Å². The molecule has 136 valence electrons. The molecule has 0 spiro atoms. The Hall–Kier alpha value is -2.87. The lowest BCUT2D eigenvalue weighted by Gasteiger charge is -2.26. The molecule has 0 heterocycles. The van der Waals surface area contributed by atoms with Gasteiger partial charge in [-0.2, -0.15) is 0 Å². The molecule has 0 N–H and O–H groups in total. The third-order valence-corrected chi connectivity index (χ3v) is 5.41. The molecule has 1 aliphatic carbocycles. The van der Waals surface area contributed by atoms with Crippen molar-refractivity contribution in [1.82, 2.24) is 0 Å². The highest BCUT2D eigenvalue weighted by molar-refractivity contribution is 5.98. The van der Waals surface area contributed by atoms with Crippen molar-refractivity contribution < 1.29 is 4.79 Å². The van der Waals surface area contributed by atoms with E-state index in [2.05, 4.69) is 41.3 Å². The van der Waals surface area contributed by atoms with Crippen LogP contribution >= 0.6 is 0 Å². The van der Waals surface area contributed by atoms with Crippen molar-refractivity contribution in [2.24, 2.45) is 5.92 Å². The lowest BCUT2D eigenvalue weighted by atomic mass is 9.84. The van der Waals surface area contributed by atoms with Crippen molar-refractivity contribution in [2.45, 2.75) is 32.1 Å². The van der Waals surface area contributed by atoms with Gasteiger partial charge in [-0.3, -0.25) is 4.79 Å². The highest BCUT2D eigenvalue weighted by Crippen LogP contribution is 2.34. The zero-order chi connectivity index (χ0) is 18.5. The van der Waals surface area contributed by atoms with E-state index in [9.17, 15) is 4.79 Å². The summed E-state index contributed by atoms with van der Waals surface area (Å²) < 4.78 is 0. The molecule has 0 aliphatic heterocycles. The van der Waals surface area contributed by atoms with Gasteiger partial charge < -0.3 is 4.90 Å². The Morgan fingerprint density at radius 3 is 1.63 bits per heavy atom. The number of hydrogen-bond acceptors (Lipinski definition) is 2. The molecule has 0 bridgehead atoms. The average Bonchev–Trinajstić information content (AvgIpc) is 2.76. The molecule has 27 heavy (non-hydrogen) atoms. The number of nitrogens with zero attached hydrogens (tertiary/aromatic N) is 1. The number of anilines is 3. The molecular formula is C25H25NO. The summed E-state index contributed by atoms with van der Waals surface area (Å²) >= 11 is 0. The lowest BCUT2D eigenvalue weighted by Crippen LogP contribution is -2.18. The van der Waals surface area contributed by atoms with Crippen LogP contribution in [0.3, 0.4) is 0 Å². The van der Waals surface area contributed by atoms with Crippen LogP contribution < -0.4 is 4.90 Å². The van der Waals surface area contributed by atoms with Crippen LogP contribution in [0.2, 0.25) is 0 Å². The van der Waals surface area contributed by atoms with Gasteiger partial charge in [-0.15, -0.1) is 0 Å². The van der Waals surface area contributed by atoms with Gasteiger partial charge in [0.2, 0.25) is 0 Å². The van der Waals surface area contributed by atoms with Crippen LogP contribution in [0.5, 0.6) is 0 Å². The van der Waals surface area contributed by atoms with Crippen LogP contribution in [0.15, 0.2) is 84.9 Å². The molecule has 3 aromatic carbocycles. The largest absolute Gasteiger partial charge is 0.311 e. The number of para-hydroxylation sites is 2. The summed E-state index contributed by atoms with van der Waals surface area (Å²) in [6.07, 6.45) is 5.72. The second-order valence-corrected chi connectivity index (χ2v) is 7.25. The van der Waals surface area contributed by atoms with E-state index in [0.29, 0.717) is 5.78 Å². The maximum atomic E-state index is 12.8. The molecule has 0 amide bonds. The van der Waals surface area contributed by atoms with Gasteiger partial charge in [0.1, 0.15) is 0 Å². The second kappa shape index (κ2) is 8.22. The van der Waals surface area contributed by atoms with Gasteiger partial charge >= 0.3 is 0 Å². The molecule has 0 unspecified atom stereocenters. The van der Waals surface area contributed by atoms with Crippen molar-refractivity contribution in [3.63, 3.8) is 0 Å². The summed E-state index contributed by atoms with van der Waals surface area (Å²) in [5.41, 5.74) is 4.12. The van der Waals surface area contributed by atoms with Crippen LogP contribution in [-0.2, 0) is 0 Å². The first-order valence-electron chi connectivity index (χ1n) is 9.87. The fourth-order valence-corrected chi connectivity index (χ4v) is 3.98. The molecule has 2 heteroatoms. The monoisotopic (exact) mass is 355 g/mol. The minimum Gasteiger partial charge on any atom is -0.311 e. The zero-order valence-corrected chi connectivity index (χ0v) is 15.6. The predicted molar refractivity (Wildman–Crippen MR) is 112 cm³/mol. The number of benzene rings is 3. The molecule has 1 fully saturated rings. The number of carbonyl (C=O) groups is 1. The number of carbonyl (C=O) groups excluding carboxylic acids is 1. The van der Waals surface area contributed by atoms with Crippen LogP contribution in [0.1, 0.15) is 42.5 Å². The predicted octanol–water partition coefficient (Wildman–Crippen LogP) is 6.92. The van der Waals surface area contributed by atoms with Crippen LogP contribution in [0, 0.1) is 5.92 Å². The fraction of sp³-hybridized carbons (Fsp3) is 0.240. The molecule has 2 nitrogen and oxygen atoms in total. The smallest absolute Gasteiger partial charge is 0.165 e. The third-order valence-electron chi connectivity index (χ3n) is 5.41. The molecule has 3 aromatic rings. The molecular weight excluding hydrogens is 330 g/mol. The quantitative estimate of drug-likeness (QED) is 0.463. The van der Waals surface area contributed by atoms with Gasteiger partial charge in [-0.05, 0) is 61.4 Å². The summed E-state index contributed by atoms with van der Waals surface area (Å²) in [5.74, 6) is 0.524. The minimum absolute atomic E-state index is 0.212. The van der Waals surface area contributed by atoms with Gasteiger partial charge in [0.25, 0.3) is 0 Å². The first kappa shape index (κ1) is 17.5. The zero-order valence-electron chi connectivity index (χ0n) is 15.6. The van der Waals surface area contributed by atoms with Crippen molar-refractivity contribution in [2.75, 3.05) is 4.90 Å². The maximum Gasteiger partial charge on any atom is 0.165 e. The van der Waals surface area contributed by atoms with Gasteiger partial charge in [0.05, 0.1) is 0 Å². The average molecular weight is 355 g/mol. The Kier molecular flexibility index (Phi) is 5.34. The molecule has 0 aromatic heterocycles. The van der Waals surface area contributed by atoms with Crippen LogP contribution in [0.25, 0.3) is 0 Å². The summed E-state index contributed by atoms with van der Waals surface area (Å²) in [7, 11) is 0. The van der Waals surface area contributed by atoms with E-state index in [1.54, 1.807) is 0 Å². The topological polar surface area (TPSA) is 20.3 Å². The summed E-state index contributed by atoms with van der Waals surface area (Å²) in [6.45, 7) is 0. The first-order valence-corrected chi connectivity index (χ1v) is 9.87. The first-order chi connectivity index (χ1) is 13.3. The van der Waals surface area contributed by atoms with E-state index in [1.165, 1.54) is 19.3 Å². The molecule has 4 rings (SSSR count). The second-order valence-electron chi connectivity index (χ2n) is 7.25. The standard InChI is InChI=1S/C25H25NO/c27-25(20-10-4-1-5-11-20)21-16-18-24(19-17-21)26(22-12-6-2-7-13-22)23-14-8-3-9-15-23/h2-3,6-9,12-20H,1,4-5,10-11H2. The van der Waals surface area contributed by atoms with Crippen molar-refractivity contribution in [3.8, 4) is 0 Å². The van der Waals surface area contributed by atoms with E-state index in [1.807, 2.05) is 48.5 Å². The Morgan fingerprint density at radius 2 is 1.11 bits per heavy atom. The summed E-state index contributed by atoms with van der Waals surface area (Å²) in [5, 5.41) is 0. The van der Waals surface area contributed by atoms with E-state index in [-0.39, 0.29) is 5.92 Å². The molecule has 1 aliphatic rings. The van der Waals surface area contributed by atoms with Gasteiger partial charge in [0, 0.05) is 28.5 Å². The van der Waals surface area contributed by atoms with Crippen LogP contribution in [-0.4, -0.2) is 5.78 Å². The number of ketones is 1. The van der Waals surface area contributed by atoms with Crippen molar-refractivity contribution in [1.29, 1.82) is 0 Å². The molecule has 1 saturated carbocycles. The summed E-state index contributed by atoms with van der Waals surface area (Å²) in [4.78, 5) is 15.0. The highest BCUT2D eigenvalue weighted by Gasteiger charge is 2.22. The van der Waals surface area contributed by atoms with Crippen molar-refractivity contribution in [3.05, 3.63) is 90.5 Å². The maximum absolute atomic E-state index is 12.8. The summed E-state index contributed by atoms with van der Waals surface area (Å²) in [6, 6.07) is 28.8. The van der Waals surface area contributed by atoms with Gasteiger partial charge in [-0.1, -0.05) is 55.7 Å². The number of hydrogen-bond donors (Lipinski definition) is 0. The van der Waals surface area contributed by atoms with Gasteiger partial charge in [-0.25, -0.2) is 0 Å². The highest BCUT2D eigenvalue weighted by atomic mass is 16.1. The number of rotatable bonds is 5. The normalized spacial score (nSPS) is 14.7.